The molecular weight excluding hydrogens is 241 g/mol. The summed E-state index contributed by atoms with van der Waals surface area (Å²) in [5, 5.41) is 0. The molecule has 1 saturated heterocycles. The van der Waals surface area contributed by atoms with Gasteiger partial charge in [-0.15, -0.1) is 0 Å². The Bertz CT molecular complexity index is 225. The van der Waals surface area contributed by atoms with E-state index in [1.165, 1.54) is 0 Å². The number of thioether (sulfide) groups is 1. The zero-order valence-corrected chi connectivity index (χ0v) is 9.70. The predicted molar refractivity (Wildman–Crippen MR) is 56.3 cm³/mol. The van der Waals surface area contributed by atoms with Crippen LogP contribution in [0.2, 0.25) is 0 Å². The second-order valence-corrected chi connectivity index (χ2v) is 5.06. The third-order valence-electron chi connectivity index (χ3n) is 2.56. The van der Waals surface area contributed by atoms with Gasteiger partial charge in [-0.3, -0.25) is 0 Å². The fourth-order valence-corrected chi connectivity index (χ4v) is 2.86. The molecule has 94 valence electrons. The van der Waals surface area contributed by atoms with Crippen molar-refractivity contribution in [2.45, 2.75) is 31.9 Å². The zero-order valence-electron chi connectivity index (χ0n) is 8.89. The van der Waals surface area contributed by atoms with Crippen molar-refractivity contribution in [2.75, 3.05) is 18.1 Å². The Hall–Kier alpha value is -0.390. The first-order valence-corrected chi connectivity index (χ1v) is 6.47. The van der Waals surface area contributed by atoms with Crippen LogP contribution in [0, 0.1) is 5.92 Å². The summed E-state index contributed by atoms with van der Waals surface area (Å²) < 4.78 is 39.4. The molecule has 0 amide bonds. The smallest absolute Gasteiger partial charge is 0.459 e. The first-order valence-electron chi connectivity index (χ1n) is 5.32. The molecule has 1 fully saturated rings. The van der Waals surface area contributed by atoms with Crippen LogP contribution in [0.3, 0.4) is 0 Å². The molecular formula is C10H15F3O2S. The van der Waals surface area contributed by atoms with Crippen LogP contribution in [-0.2, 0) is 9.53 Å². The van der Waals surface area contributed by atoms with Gasteiger partial charge in [0.25, 0.3) is 0 Å². The van der Waals surface area contributed by atoms with E-state index >= 15 is 0 Å². The summed E-state index contributed by atoms with van der Waals surface area (Å²) >= 11 is 1.91. The summed E-state index contributed by atoms with van der Waals surface area (Å²) in [6, 6.07) is 0. The first-order chi connectivity index (χ1) is 7.50. The maximum atomic E-state index is 11.8. The van der Waals surface area contributed by atoms with Gasteiger partial charge in [-0.2, -0.15) is 24.9 Å². The number of hydrogen-bond donors (Lipinski definition) is 0. The third-order valence-corrected chi connectivity index (χ3v) is 3.61. The summed E-state index contributed by atoms with van der Waals surface area (Å²) in [4.78, 5) is 10.4. The van der Waals surface area contributed by atoms with Crippen LogP contribution in [0.4, 0.5) is 13.2 Å². The van der Waals surface area contributed by atoms with E-state index in [0.29, 0.717) is 12.3 Å². The fourth-order valence-electron chi connectivity index (χ4n) is 1.65. The van der Waals surface area contributed by atoms with Crippen LogP contribution in [0.25, 0.3) is 0 Å². The first kappa shape index (κ1) is 13.7. The third kappa shape index (κ3) is 5.09. The van der Waals surface area contributed by atoms with Crippen molar-refractivity contribution < 1.29 is 22.7 Å². The van der Waals surface area contributed by atoms with E-state index in [0.717, 1.165) is 30.8 Å². The molecule has 0 atom stereocenters. The van der Waals surface area contributed by atoms with E-state index in [2.05, 4.69) is 4.74 Å². The van der Waals surface area contributed by atoms with Crippen molar-refractivity contribution in [3.8, 4) is 0 Å². The minimum Gasteiger partial charge on any atom is -0.459 e. The summed E-state index contributed by atoms with van der Waals surface area (Å²) in [5.41, 5.74) is 0. The average molecular weight is 256 g/mol. The van der Waals surface area contributed by atoms with E-state index in [1.54, 1.807) is 0 Å². The van der Waals surface area contributed by atoms with Gasteiger partial charge in [0.05, 0.1) is 6.61 Å². The second kappa shape index (κ2) is 6.37. The summed E-state index contributed by atoms with van der Waals surface area (Å²) in [6.07, 6.45) is -1.24. The van der Waals surface area contributed by atoms with Gasteiger partial charge in [0.15, 0.2) is 0 Å². The van der Waals surface area contributed by atoms with E-state index < -0.39 is 12.1 Å². The minimum absolute atomic E-state index is 0.123. The molecule has 2 nitrogen and oxygen atoms in total. The van der Waals surface area contributed by atoms with E-state index in [4.69, 9.17) is 0 Å². The lowest BCUT2D eigenvalue weighted by molar-refractivity contribution is -0.199. The Morgan fingerprint density at radius 1 is 1.31 bits per heavy atom. The highest BCUT2D eigenvalue weighted by molar-refractivity contribution is 7.99. The van der Waals surface area contributed by atoms with Gasteiger partial charge in [0.1, 0.15) is 0 Å². The van der Waals surface area contributed by atoms with Crippen LogP contribution in [0.1, 0.15) is 25.7 Å². The number of halogens is 3. The Labute approximate surface area is 96.9 Å². The van der Waals surface area contributed by atoms with Crippen molar-refractivity contribution >= 4 is 17.7 Å². The highest BCUT2D eigenvalue weighted by Crippen LogP contribution is 2.26. The largest absolute Gasteiger partial charge is 0.490 e. The molecule has 1 aliphatic rings. The molecule has 0 aromatic heterocycles. The van der Waals surface area contributed by atoms with Crippen LogP contribution >= 0.6 is 11.8 Å². The number of hydrogen-bond acceptors (Lipinski definition) is 3. The number of carbonyl (C=O) groups is 1. The molecule has 1 rings (SSSR count). The van der Waals surface area contributed by atoms with Gasteiger partial charge in [-0.05, 0) is 43.1 Å². The molecule has 6 heteroatoms. The number of rotatable bonds is 4. The van der Waals surface area contributed by atoms with Gasteiger partial charge in [0, 0.05) is 0 Å². The average Bonchev–Trinajstić information content (AvgIpc) is 2.24. The monoisotopic (exact) mass is 256 g/mol. The molecule has 16 heavy (non-hydrogen) atoms. The van der Waals surface area contributed by atoms with Crippen molar-refractivity contribution in [1.29, 1.82) is 0 Å². The van der Waals surface area contributed by atoms with Crippen molar-refractivity contribution in [3.63, 3.8) is 0 Å². The molecule has 0 N–H and O–H groups in total. The lowest BCUT2D eigenvalue weighted by Gasteiger charge is -2.20. The molecule has 0 aromatic rings. The molecule has 0 bridgehead atoms. The summed E-state index contributed by atoms with van der Waals surface area (Å²) in [6.45, 7) is -0.123. The summed E-state index contributed by atoms with van der Waals surface area (Å²) in [5.74, 6) is 0.776. The Morgan fingerprint density at radius 2 is 1.94 bits per heavy atom. The zero-order chi connectivity index (χ0) is 12.0. The lowest BCUT2D eigenvalue weighted by atomic mass is 9.97. The minimum atomic E-state index is -4.86. The van der Waals surface area contributed by atoms with Crippen LogP contribution in [0.15, 0.2) is 0 Å². The number of carbonyl (C=O) groups excluding carboxylic acids is 1. The molecule has 0 saturated carbocycles. The maximum absolute atomic E-state index is 11.8. The van der Waals surface area contributed by atoms with E-state index in [9.17, 15) is 18.0 Å². The quantitative estimate of drug-likeness (QED) is 0.571. The highest BCUT2D eigenvalue weighted by atomic mass is 32.2. The Balaban J connectivity index is 2.05. The maximum Gasteiger partial charge on any atom is 0.490 e. The molecule has 0 spiro atoms. The van der Waals surface area contributed by atoms with Gasteiger partial charge >= 0.3 is 12.1 Å². The molecule has 1 aliphatic heterocycles. The fraction of sp³-hybridized carbons (Fsp3) is 0.900. The van der Waals surface area contributed by atoms with E-state index in [1.807, 2.05) is 11.8 Å². The van der Waals surface area contributed by atoms with Gasteiger partial charge < -0.3 is 4.74 Å². The number of ether oxygens (including phenoxy) is 1. The highest BCUT2D eigenvalue weighted by Gasteiger charge is 2.40. The SMILES string of the molecule is O=C(OCCCC1CCSCC1)C(F)(F)F. The molecule has 1 heterocycles. The molecule has 0 radical (unpaired) electrons. The van der Waals surface area contributed by atoms with Crippen LogP contribution in [0.5, 0.6) is 0 Å². The van der Waals surface area contributed by atoms with Gasteiger partial charge in [0.2, 0.25) is 0 Å². The Kier molecular flexibility index (Phi) is 5.44. The summed E-state index contributed by atoms with van der Waals surface area (Å²) in [7, 11) is 0. The van der Waals surface area contributed by atoms with Gasteiger partial charge in [-0.25, -0.2) is 4.79 Å². The van der Waals surface area contributed by atoms with E-state index in [-0.39, 0.29) is 6.61 Å². The van der Waals surface area contributed by atoms with Crippen molar-refractivity contribution in [3.05, 3.63) is 0 Å². The second-order valence-electron chi connectivity index (χ2n) is 3.83. The number of esters is 1. The van der Waals surface area contributed by atoms with Crippen molar-refractivity contribution in [2.24, 2.45) is 5.92 Å². The Morgan fingerprint density at radius 3 is 2.50 bits per heavy atom. The van der Waals surface area contributed by atoms with Crippen LogP contribution in [-0.4, -0.2) is 30.3 Å². The van der Waals surface area contributed by atoms with Crippen molar-refractivity contribution in [1.82, 2.24) is 0 Å². The van der Waals surface area contributed by atoms with Crippen LogP contribution < -0.4 is 0 Å². The normalized spacial score (nSPS) is 18.4. The topological polar surface area (TPSA) is 26.3 Å². The predicted octanol–water partition coefficient (Wildman–Crippen LogP) is 3.02. The molecule has 0 aromatic carbocycles. The van der Waals surface area contributed by atoms with Gasteiger partial charge in [-0.1, -0.05) is 0 Å². The number of alkyl halides is 3. The molecule has 0 aliphatic carbocycles. The lowest BCUT2D eigenvalue weighted by Crippen LogP contribution is -2.25. The molecule has 0 unspecified atom stereocenters. The standard InChI is InChI=1S/C10H15F3O2S/c11-10(12,13)9(14)15-5-1-2-8-3-6-16-7-4-8/h8H,1-7H2.